The molecule has 1 fully saturated rings. The first-order chi connectivity index (χ1) is 16.6. The Bertz CT molecular complexity index is 758. The second-order valence-corrected chi connectivity index (χ2v) is 7.13. The third-order valence-corrected chi connectivity index (χ3v) is 4.24. The molecule has 5 unspecified atom stereocenters. The number of carbonyl (C=O) groups excluding carboxylic acids is 4. The van der Waals surface area contributed by atoms with Crippen LogP contribution in [0.25, 0.3) is 0 Å². The maximum atomic E-state index is 11.8. The minimum absolute atomic E-state index is 0.0131. The molecule has 1 N–H and O–H groups in total. The minimum atomic E-state index is -1.30. The van der Waals surface area contributed by atoms with Gasteiger partial charge in [0.25, 0.3) is 0 Å². The molecule has 5 atom stereocenters. The van der Waals surface area contributed by atoms with E-state index in [2.05, 4.69) is 10.0 Å². The Labute approximate surface area is 201 Å². The van der Waals surface area contributed by atoms with Gasteiger partial charge in [-0.1, -0.05) is 0 Å². The molecule has 1 rings (SSSR count). The number of hydrogen-bond donors (Lipinski definition) is 1. The highest BCUT2D eigenvalue weighted by molar-refractivity contribution is 5.68. The molecular weight excluding hydrogens is 474 g/mol. The highest BCUT2D eigenvalue weighted by atomic mass is 16.7. The first kappa shape index (κ1) is 30.1. The molecule has 1 aliphatic rings. The Kier molecular flexibility index (Phi) is 14.3. The van der Waals surface area contributed by atoms with E-state index in [1.165, 1.54) is 6.92 Å². The summed E-state index contributed by atoms with van der Waals surface area (Å²) in [6.45, 7) is 5.46. The van der Waals surface area contributed by atoms with Crippen LogP contribution in [0, 0.1) is 5.53 Å². The van der Waals surface area contributed by atoms with Crippen molar-refractivity contribution in [2.75, 3.05) is 46.2 Å². The van der Waals surface area contributed by atoms with Gasteiger partial charge in [0.05, 0.1) is 33.0 Å². The SMILES string of the molecule is CC(=O)OCC1OC(OCCOCCOCCN=[N+]=N)C(OC(C)=O)C(OC(C)=O)C1OC(C)=O. The topological polar surface area (TPSA) is 192 Å². The Morgan fingerprint density at radius 1 is 0.771 bits per heavy atom. The van der Waals surface area contributed by atoms with E-state index in [0.29, 0.717) is 6.61 Å². The van der Waals surface area contributed by atoms with Crippen molar-refractivity contribution in [2.24, 2.45) is 5.11 Å². The number of hydrogen-bond acceptors (Lipinski definition) is 14. The second-order valence-electron chi connectivity index (χ2n) is 7.13. The van der Waals surface area contributed by atoms with E-state index >= 15 is 0 Å². The standard InChI is InChI=1S/C20H32N3O12/c1-12(24)31-11-16-17(32-13(2)25)18(33-14(3)26)19(34-15(4)27)20(35-16)30-10-9-29-8-7-28-6-5-22-23-21/h16-21H,5-11H2,1-4H3/q+1. The molecule has 0 aromatic rings. The first-order valence-corrected chi connectivity index (χ1v) is 10.8. The van der Waals surface area contributed by atoms with Gasteiger partial charge in [-0.25, -0.2) is 0 Å². The van der Waals surface area contributed by atoms with Gasteiger partial charge in [0, 0.05) is 27.7 Å². The molecule has 1 heterocycles. The van der Waals surface area contributed by atoms with Crippen molar-refractivity contribution >= 4 is 23.9 Å². The summed E-state index contributed by atoms with van der Waals surface area (Å²) in [6.07, 6.45) is -6.17. The molecule has 0 saturated carbocycles. The van der Waals surface area contributed by atoms with E-state index in [-0.39, 0.29) is 39.6 Å². The monoisotopic (exact) mass is 506 g/mol. The second kappa shape index (κ2) is 16.6. The Hall–Kier alpha value is -2.97. The van der Waals surface area contributed by atoms with Gasteiger partial charge in [-0.05, 0) is 0 Å². The Balaban J connectivity index is 2.85. The van der Waals surface area contributed by atoms with Crippen LogP contribution in [0.4, 0.5) is 0 Å². The van der Waals surface area contributed by atoms with Gasteiger partial charge in [-0.15, -0.1) is 0 Å². The summed E-state index contributed by atoms with van der Waals surface area (Å²) >= 11 is 0. The van der Waals surface area contributed by atoms with Crippen LogP contribution in [0.2, 0.25) is 0 Å². The molecule has 0 amide bonds. The maximum Gasteiger partial charge on any atom is 0.303 e. The minimum Gasteiger partial charge on any atom is -0.463 e. The fourth-order valence-electron chi connectivity index (χ4n) is 3.02. The third kappa shape index (κ3) is 12.3. The number of nitrogens with zero attached hydrogens (tertiary/aromatic N) is 2. The molecule has 1 saturated heterocycles. The van der Waals surface area contributed by atoms with Gasteiger partial charge < -0.3 is 37.9 Å². The normalized spacial score (nSPS) is 23.5. The molecule has 0 aliphatic carbocycles. The van der Waals surface area contributed by atoms with Crippen LogP contribution in [0.1, 0.15) is 27.7 Å². The largest absolute Gasteiger partial charge is 0.463 e. The molecule has 0 aromatic carbocycles. The molecule has 15 nitrogen and oxygen atoms in total. The summed E-state index contributed by atoms with van der Waals surface area (Å²) in [7, 11) is 0. The smallest absolute Gasteiger partial charge is 0.303 e. The van der Waals surface area contributed by atoms with E-state index < -0.39 is 54.6 Å². The highest BCUT2D eigenvalue weighted by Gasteiger charge is 2.52. The van der Waals surface area contributed by atoms with Crippen molar-refractivity contribution in [3.05, 3.63) is 0 Å². The van der Waals surface area contributed by atoms with Gasteiger partial charge in [-0.3, -0.25) is 19.2 Å². The van der Waals surface area contributed by atoms with Crippen molar-refractivity contribution in [2.45, 2.75) is 58.4 Å². The average Bonchev–Trinajstić information content (AvgIpc) is 2.76. The molecule has 0 bridgehead atoms. The lowest BCUT2D eigenvalue weighted by molar-refractivity contribution is -0.309. The maximum absolute atomic E-state index is 11.8. The summed E-state index contributed by atoms with van der Waals surface area (Å²) in [4.78, 5) is 49.4. The first-order valence-electron chi connectivity index (χ1n) is 10.8. The van der Waals surface area contributed by atoms with Crippen LogP contribution in [0.3, 0.4) is 0 Å². The molecule has 0 spiro atoms. The fourth-order valence-corrected chi connectivity index (χ4v) is 3.02. The molecule has 0 radical (unpaired) electrons. The molecule has 15 heteroatoms. The molecule has 1 aliphatic heterocycles. The summed E-state index contributed by atoms with van der Waals surface area (Å²) < 4.78 is 43.0. The van der Waals surface area contributed by atoms with E-state index in [1.54, 1.807) is 0 Å². The summed E-state index contributed by atoms with van der Waals surface area (Å²) in [5, 5.41) is 3.44. The molecular formula is C20H32N3O12+. The van der Waals surface area contributed by atoms with Crippen LogP contribution >= 0.6 is 0 Å². The lowest BCUT2D eigenvalue weighted by atomic mass is 9.98. The summed E-state index contributed by atoms with van der Waals surface area (Å²) in [5.74, 6) is -2.79. The molecule has 35 heavy (non-hydrogen) atoms. The predicted octanol–water partition coefficient (Wildman–Crippen LogP) is -0.330. The van der Waals surface area contributed by atoms with E-state index in [0.717, 1.165) is 20.8 Å². The van der Waals surface area contributed by atoms with E-state index in [4.69, 9.17) is 43.4 Å². The van der Waals surface area contributed by atoms with Gasteiger partial charge in [0.1, 0.15) is 29.9 Å². The van der Waals surface area contributed by atoms with Crippen molar-refractivity contribution in [1.82, 2.24) is 4.91 Å². The van der Waals surface area contributed by atoms with E-state index in [9.17, 15) is 19.2 Å². The van der Waals surface area contributed by atoms with Gasteiger partial charge in [0.2, 0.25) is 4.91 Å². The zero-order valence-electron chi connectivity index (χ0n) is 20.1. The lowest BCUT2D eigenvalue weighted by Gasteiger charge is -2.44. The predicted molar refractivity (Wildman–Crippen MR) is 112 cm³/mol. The van der Waals surface area contributed by atoms with Crippen molar-refractivity contribution in [3.63, 3.8) is 0 Å². The average molecular weight is 506 g/mol. The van der Waals surface area contributed by atoms with E-state index in [1.807, 2.05) is 0 Å². The highest BCUT2D eigenvalue weighted by Crippen LogP contribution is 2.29. The van der Waals surface area contributed by atoms with Crippen molar-refractivity contribution in [3.8, 4) is 0 Å². The van der Waals surface area contributed by atoms with Gasteiger partial charge >= 0.3 is 23.9 Å². The zero-order valence-corrected chi connectivity index (χ0v) is 20.1. The number of esters is 4. The number of nitrogens with one attached hydrogen (secondary N) is 1. The fraction of sp³-hybridized carbons (Fsp3) is 0.800. The van der Waals surface area contributed by atoms with Gasteiger partial charge in [-0.2, -0.15) is 0 Å². The van der Waals surface area contributed by atoms with Crippen LogP contribution in [-0.4, -0.2) is 101 Å². The van der Waals surface area contributed by atoms with Crippen LogP contribution in [0.5, 0.6) is 0 Å². The number of ether oxygens (including phenoxy) is 8. The quantitative estimate of drug-likeness (QED) is 0.100. The Morgan fingerprint density at radius 2 is 1.31 bits per heavy atom. The third-order valence-electron chi connectivity index (χ3n) is 4.24. The number of rotatable bonds is 15. The van der Waals surface area contributed by atoms with Crippen molar-refractivity contribution < 1.29 is 57.1 Å². The zero-order chi connectivity index (χ0) is 26.2. The van der Waals surface area contributed by atoms with Crippen LogP contribution in [0.15, 0.2) is 5.11 Å². The number of carbonyl (C=O) groups is 4. The molecule has 0 aromatic heterocycles. The van der Waals surface area contributed by atoms with Crippen LogP contribution < -0.4 is 4.91 Å². The lowest BCUT2D eigenvalue weighted by Crippen LogP contribution is -2.63. The Morgan fingerprint density at radius 3 is 1.89 bits per heavy atom. The molecule has 198 valence electrons. The summed E-state index contributed by atoms with van der Waals surface area (Å²) in [6, 6.07) is 0. The van der Waals surface area contributed by atoms with Gasteiger partial charge in [0.15, 0.2) is 24.6 Å². The van der Waals surface area contributed by atoms with Crippen molar-refractivity contribution in [1.29, 1.82) is 5.53 Å². The van der Waals surface area contributed by atoms with Crippen LogP contribution in [-0.2, 0) is 57.1 Å². The summed E-state index contributed by atoms with van der Waals surface area (Å²) in [5.41, 5.74) is 6.53.